The van der Waals surface area contributed by atoms with E-state index in [2.05, 4.69) is 23.7 Å². The molecule has 0 radical (unpaired) electrons. The number of nitrogens with two attached hydrogens (primary N) is 1. The lowest BCUT2D eigenvalue weighted by atomic mass is 10.1. The van der Waals surface area contributed by atoms with E-state index in [1.807, 2.05) is 6.92 Å². The minimum absolute atomic E-state index is 0.394. The topological polar surface area (TPSA) is 64.3 Å². The highest BCUT2D eigenvalue weighted by atomic mass is 16.5. The van der Waals surface area contributed by atoms with Gasteiger partial charge in [0.15, 0.2) is 0 Å². The van der Waals surface area contributed by atoms with Crippen molar-refractivity contribution in [2.75, 3.05) is 30.3 Å². The SMILES string of the molecule is CCCc1nc(N)c(C)c(N2CCC(OCC)CC2)n1. The van der Waals surface area contributed by atoms with E-state index in [-0.39, 0.29) is 0 Å². The molecule has 0 unspecified atom stereocenters. The summed E-state index contributed by atoms with van der Waals surface area (Å²) in [6.07, 6.45) is 4.42. The van der Waals surface area contributed by atoms with Gasteiger partial charge in [0.25, 0.3) is 0 Å². The fourth-order valence-corrected chi connectivity index (χ4v) is 2.68. The van der Waals surface area contributed by atoms with E-state index in [1.54, 1.807) is 0 Å². The van der Waals surface area contributed by atoms with E-state index in [1.165, 1.54) is 0 Å². The van der Waals surface area contributed by atoms with Gasteiger partial charge in [-0.1, -0.05) is 6.92 Å². The maximum absolute atomic E-state index is 6.03. The molecule has 2 rings (SSSR count). The predicted octanol–water partition coefficient (Wildman–Crippen LogP) is 2.33. The lowest BCUT2D eigenvalue weighted by Gasteiger charge is -2.33. The lowest BCUT2D eigenvalue weighted by Crippen LogP contribution is -2.38. The molecule has 0 spiro atoms. The quantitative estimate of drug-likeness (QED) is 0.895. The van der Waals surface area contributed by atoms with E-state index in [0.717, 1.165) is 62.6 Å². The van der Waals surface area contributed by atoms with Crippen molar-refractivity contribution >= 4 is 11.6 Å². The number of aromatic nitrogens is 2. The normalized spacial score (nSPS) is 16.6. The van der Waals surface area contributed by atoms with Crippen molar-refractivity contribution in [3.63, 3.8) is 0 Å². The molecule has 0 amide bonds. The second kappa shape index (κ2) is 6.88. The van der Waals surface area contributed by atoms with E-state index in [4.69, 9.17) is 15.5 Å². The zero-order chi connectivity index (χ0) is 14.5. The Hall–Kier alpha value is -1.36. The van der Waals surface area contributed by atoms with Gasteiger partial charge in [-0.2, -0.15) is 0 Å². The zero-order valence-corrected chi connectivity index (χ0v) is 12.9. The van der Waals surface area contributed by atoms with E-state index >= 15 is 0 Å². The first kappa shape index (κ1) is 15.0. The van der Waals surface area contributed by atoms with Gasteiger partial charge in [0, 0.05) is 31.7 Å². The molecule has 1 aromatic heterocycles. The summed E-state index contributed by atoms with van der Waals surface area (Å²) in [5, 5.41) is 0. The van der Waals surface area contributed by atoms with Crippen molar-refractivity contribution in [3.8, 4) is 0 Å². The summed E-state index contributed by atoms with van der Waals surface area (Å²) in [4.78, 5) is 11.4. The Morgan fingerprint density at radius 1 is 1.25 bits per heavy atom. The van der Waals surface area contributed by atoms with Crippen LogP contribution in [0.3, 0.4) is 0 Å². The van der Waals surface area contributed by atoms with Gasteiger partial charge < -0.3 is 15.4 Å². The van der Waals surface area contributed by atoms with E-state index in [9.17, 15) is 0 Å². The van der Waals surface area contributed by atoms with E-state index in [0.29, 0.717) is 11.9 Å². The number of anilines is 2. The fourth-order valence-electron chi connectivity index (χ4n) is 2.68. The van der Waals surface area contributed by atoms with Crippen LogP contribution < -0.4 is 10.6 Å². The molecule has 1 aromatic rings. The second-order valence-corrected chi connectivity index (χ2v) is 5.37. The monoisotopic (exact) mass is 278 g/mol. The van der Waals surface area contributed by atoms with Gasteiger partial charge >= 0.3 is 0 Å². The molecule has 0 aromatic carbocycles. The molecule has 20 heavy (non-hydrogen) atoms. The molecule has 1 fully saturated rings. The van der Waals surface area contributed by atoms with Crippen molar-refractivity contribution in [2.24, 2.45) is 0 Å². The van der Waals surface area contributed by atoms with Gasteiger partial charge in [0.1, 0.15) is 17.5 Å². The summed E-state index contributed by atoms with van der Waals surface area (Å²) in [7, 11) is 0. The van der Waals surface area contributed by atoms with Crippen molar-refractivity contribution in [2.45, 2.75) is 52.6 Å². The molecular weight excluding hydrogens is 252 g/mol. The molecular formula is C15H26N4O. The first-order valence-corrected chi connectivity index (χ1v) is 7.65. The van der Waals surface area contributed by atoms with Crippen LogP contribution in [0.5, 0.6) is 0 Å². The predicted molar refractivity (Wildman–Crippen MR) is 82.0 cm³/mol. The van der Waals surface area contributed by atoms with Crippen LogP contribution in [0, 0.1) is 6.92 Å². The summed E-state index contributed by atoms with van der Waals surface area (Å²) in [6, 6.07) is 0. The van der Waals surface area contributed by atoms with Gasteiger partial charge in [-0.05, 0) is 33.1 Å². The Bertz CT molecular complexity index is 442. The highest BCUT2D eigenvalue weighted by Crippen LogP contribution is 2.25. The number of nitrogen functional groups attached to an aromatic ring is 1. The first-order valence-electron chi connectivity index (χ1n) is 7.65. The number of piperidine rings is 1. The average molecular weight is 278 g/mol. The minimum atomic E-state index is 0.394. The molecule has 0 aliphatic carbocycles. The minimum Gasteiger partial charge on any atom is -0.383 e. The number of aryl methyl sites for hydroxylation is 1. The zero-order valence-electron chi connectivity index (χ0n) is 12.9. The third-order valence-corrected chi connectivity index (χ3v) is 3.82. The summed E-state index contributed by atoms with van der Waals surface area (Å²) in [5.41, 5.74) is 7.03. The molecule has 1 aliphatic rings. The summed E-state index contributed by atoms with van der Waals surface area (Å²) in [5.74, 6) is 2.49. The van der Waals surface area contributed by atoms with E-state index < -0.39 is 0 Å². The highest BCUT2D eigenvalue weighted by molar-refractivity contribution is 5.56. The molecule has 112 valence electrons. The van der Waals surface area contributed by atoms with Crippen molar-refractivity contribution in [1.29, 1.82) is 0 Å². The maximum Gasteiger partial charge on any atom is 0.137 e. The summed E-state index contributed by atoms with van der Waals surface area (Å²) < 4.78 is 5.70. The molecule has 1 aliphatic heterocycles. The second-order valence-electron chi connectivity index (χ2n) is 5.37. The Kier molecular flexibility index (Phi) is 5.17. The molecule has 1 saturated heterocycles. The number of nitrogens with zero attached hydrogens (tertiary/aromatic N) is 3. The van der Waals surface area contributed by atoms with Crippen LogP contribution in [0.2, 0.25) is 0 Å². The molecule has 0 bridgehead atoms. The van der Waals surface area contributed by atoms with Gasteiger partial charge in [-0.15, -0.1) is 0 Å². The average Bonchev–Trinajstić information content (AvgIpc) is 2.44. The highest BCUT2D eigenvalue weighted by Gasteiger charge is 2.22. The van der Waals surface area contributed by atoms with Gasteiger partial charge in [-0.3, -0.25) is 0 Å². The summed E-state index contributed by atoms with van der Waals surface area (Å²) in [6.45, 7) is 8.95. The van der Waals surface area contributed by atoms with Crippen LogP contribution in [-0.2, 0) is 11.2 Å². The molecule has 2 N–H and O–H groups in total. The van der Waals surface area contributed by atoms with Crippen LogP contribution in [0.1, 0.15) is 44.5 Å². The number of rotatable bonds is 5. The molecule has 0 atom stereocenters. The fraction of sp³-hybridized carbons (Fsp3) is 0.733. The Morgan fingerprint density at radius 3 is 2.55 bits per heavy atom. The standard InChI is InChI=1S/C15H26N4O/c1-4-6-13-17-14(16)11(3)15(18-13)19-9-7-12(8-10-19)20-5-2/h12H,4-10H2,1-3H3,(H2,16,17,18). The Balaban J connectivity index is 2.12. The van der Waals surface area contributed by atoms with Crippen LogP contribution in [0.4, 0.5) is 11.6 Å². The number of ether oxygens (including phenoxy) is 1. The van der Waals surface area contributed by atoms with Crippen LogP contribution in [0.15, 0.2) is 0 Å². The molecule has 2 heterocycles. The maximum atomic E-state index is 6.03. The molecule has 5 nitrogen and oxygen atoms in total. The third kappa shape index (κ3) is 3.39. The molecule has 0 saturated carbocycles. The number of hydrogen-bond donors (Lipinski definition) is 1. The van der Waals surface area contributed by atoms with Crippen molar-refractivity contribution in [1.82, 2.24) is 9.97 Å². The smallest absolute Gasteiger partial charge is 0.137 e. The first-order chi connectivity index (χ1) is 9.65. The lowest BCUT2D eigenvalue weighted by molar-refractivity contribution is 0.0458. The third-order valence-electron chi connectivity index (χ3n) is 3.82. The van der Waals surface area contributed by atoms with Crippen LogP contribution >= 0.6 is 0 Å². The molecule has 5 heteroatoms. The van der Waals surface area contributed by atoms with Crippen LogP contribution in [-0.4, -0.2) is 35.8 Å². The largest absolute Gasteiger partial charge is 0.383 e. The summed E-state index contributed by atoms with van der Waals surface area (Å²) >= 11 is 0. The van der Waals surface area contributed by atoms with Gasteiger partial charge in [0.05, 0.1) is 6.10 Å². The van der Waals surface area contributed by atoms with Crippen molar-refractivity contribution < 1.29 is 4.74 Å². The Morgan fingerprint density at radius 2 is 1.95 bits per heavy atom. The number of hydrogen-bond acceptors (Lipinski definition) is 5. The van der Waals surface area contributed by atoms with Gasteiger partial charge in [0.2, 0.25) is 0 Å². The van der Waals surface area contributed by atoms with Crippen LogP contribution in [0.25, 0.3) is 0 Å². The van der Waals surface area contributed by atoms with Crippen molar-refractivity contribution in [3.05, 3.63) is 11.4 Å². The van der Waals surface area contributed by atoms with Gasteiger partial charge in [-0.25, -0.2) is 9.97 Å². The Labute approximate surface area is 121 Å².